The summed E-state index contributed by atoms with van der Waals surface area (Å²) in [6, 6.07) is 15.3. The Hall–Kier alpha value is -3.74. The molecule has 1 aliphatic rings. The highest BCUT2D eigenvalue weighted by molar-refractivity contribution is 5.94. The van der Waals surface area contributed by atoms with E-state index in [4.69, 9.17) is 15.5 Å². The van der Waals surface area contributed by atoms with Crippen molar-refractivity contribution in [3.05, 3.63) is 66.6 Å². The largest absolute Gasteiger partial charge is 0.460 e. The summed E-state index contributed by atoms with van der Waals surface area (Å²) in [5, 5.41) is 0. The van der Waals surface area contributed by atoms with Crippen LogP contribution in [0.15, 0.2) is 61.1 Å². The molecule has 1 amide bonds. The first-order valence-electron chi connectivity index (χ1n) is 9.95. The van der Waals surface area contributed by atoms with Crippen molar-refractivity contribution in [1.82, 2.24) is 19.5 Å². The van der Waals surface area contributed by atoms with Crippen LogP contribution in [0.5, 0.6) is 6.01 Å². The van der Waals surface area contributed by atoms with E-state index in [0.717, 1.165) is 35.0 Å². The van der Waals surface area contributed by atoms with Gasteiger partial charge in [0.2, 0.25) is 5.91 Å². The van der Waals surface area contributed by atoms with Crippen molar-refractivity contribution in [2.75, 3.05) is 0 Å². The normalized spacial score (nSPS) is 18.2. The minimum Gasteiger partial charge on any atom is -0.460 e. The highest BCUT2D eigenvalue weighted by Crippen LogP contribution is 2.32. The number of carbonyl (C=O) groups is 1. The van der Waals surface area contributed by atoms with E-state index in [1.54, 1.807) is 30.7 Å². The number of fused-ring (bicyclic) bond motifs is 1. The molecular weight excluding hydrogens is 378 g/mol. The highest BCUT2D eigenvalue weighted by Gasteiger charge is 2.28. The molecule has 7 heteroatoms. The Morgan fingerprint density at radius 3 is 2.77 bits per heavy atom. The number of imidazole rings is 1. The molecule has 1 aliphatic carbocycles. The fourth-order valence-corrected chi connectivity index (χ4v) is 3.84. The van der Waals surface area contributed by atoms with Crippen molar-refractivity contribution in [1.29, 1.82) is 0 Å². The Bertz CT molecular complexity index is 1240. The number of aromatic nitrogens is 4. The second-order valence-electron chi connectivity index (χ2n) is 7.75. The second kappa shape index (κ2) is 7.26. The smallest absolute Gasteiger partial charge is 0.318 e. The van der Waals surface area contributed by atoms with Crippen molar-refractivity contribution in [2.45, 2.75) is 25.9 Å². The zero-order valence-corrected chi connectivity index (χ0v) is 16.5. The van der Waals surface area contributed by atoms with Crippen molar-refractivity contribution in [2.24, 2.45) is 11.7 Å². The lowest BCUT2D eigenvalue weighted by atomic mass is 9.84. The van der Waals surface area contributed by atoms with E-state index in [9.17, 15) is 4.79 Å². The molecule has 7 nitrogen and oxygen atoms in total. The van der Waals surface area contributed by atoms with Crippen LogP contribution in [-0.4, -0.2) is 31.5 Å². The number of nitrogens with zero attached hydrogens (tertiary/aromatic N) is 4. The van der Waals surface area contributed by atoms with Gasteiger partial charge in [0.15, 0.2) is 5.82 Å². The quantitative estimate of drug-likeness (QED) is 0.551. The molecule has 30 heavy (non-hydrogen) atoms. The van der Waals surface area contributed by atoms with Crippen LogP contribution in [0, 0.1) is 5.92 Å². The van der Waals surface area contributed by atoms with Gasteiger partial charge < -0.3 is 10.5 Å². The monoisotopic (exact) mass is 399 g/mol. The van der Waals surface area contributed by atoms with Crippen LogP contribution in [-0.2, 0) is 0 Å². The number of primary amides is 1. The van der Waals surface area contributed by atoms with E-state index >= 15 is 0 Å². The third-order valence-corrected chi connectivity index (χ3v) is 5.49. The lowest BCUT2D eigenvalue weighted by molar-refractivity contribution is 0.0649. The number of para-hydroxylation sites is 2. The molecule has 150 valence electrons. The van der Waals surface area contributed by atoms with Gasteiger partial charge in [-0.05, 0) is 48.6 Å². The summed E-state index contributed by atoms with van der Waals surface area (Å²) in [5.41, 5.74) is 9.24. The molecule has 0 spiro atoms. The topological polar surface area (TPSA) is 95.9 Å². The SMILES string of the molecule is CC1CC(Oc2ncc(-c3cccc(C(N)=O)c3)c(-n3cnc4ccccc43)n2)C1. The molecule has 0 radical (unpaired) electrons. The van der Waals surface area contributed by atoms with Crippen LogP contribution in [0.3, 0.4) is 0 Å². The van der Waals surface area contributed by atoms with E-state index in [0.29, 0.717) is 23.3 Å². The van der Waals surface area contributed by atoms with Gasteiger partial charge in [-0.3, -0.25) is 9.36 Å². The van der Waals surface area contributed by atoms with Crippen LogP contribution >= 0.6 is 0 Å². The molecule has 2 heterocycles. The summed E-state index contributed by atoms with van der Waals surface area (Å²) < 4.78 is 7.91. The van der Waals surface area contributed by atoms with E-state index < -0.39 is 5.91 Å². The van der Waals surface area contributed by atoms with Gasteiger partial charge >= 0.3 is 6.01 Å². The molecule has 5 rings (SSSR count). The molecule has 0 aliphatic heterocycles. The average molecular weight is 399 g/mol. The van der Waals surface area contributed by atoms with Crippen molar-refractivity contribution < 1.29 is 9.53 Å². The summed E-state index contributed by atoms with van der Waals surface area (Å²) in [4.78, 5) is 25.3. The first-order chi connectivity index (χ1) is 14.6. The Labute approximate surface area is 173 Å². The molecular formula is C23H21N5O2. The van der Waals surface area contributed by atoms with Crippen LogP contribution < -0.4 is 10.5 Å². The van der Waals surface area contributed by atoms with Gasteiger partial charge in [0.05, 0.1) is 11.0 Å². The first kappa shape index (κ1) is 18.3. The fraction of sp³-hybridized carbons (Fsp3) is 0.217. The number of hydrogen-bond acceptors (Lipinski definition) is 5. The summed E-state index contributed by atoms with van der Waals surface area (Å²) >= 11 is 0. The zero-order valence-electron chi connectivity index (χ0n) is 16.5. The molecule has 0 saturated heterocycles. The van der Waals surface area contributed by atoms with Crippen molar-refractivity contribution in [3.8, 4) is 23.0 Å². The Kier molecular flexibility index (Phi) is 4.43. The van der Waals surface area contributed by atoms with E-state index in [-0.39, 0.29) is 6.10 Å². The zero-order chi connectivity index (χ0) is 20.7. The molecule has 4 aromatic rings. The maximum absolute atomic E-state index is 11.7. The number of hydrogen-bond donors (Lipinski definition) is 1. The van der Waals surface area contributed by atoms with Gasteiger partial charge in [-0.1, -0.05) is 31.2 Å². The Morgan fingerprint density at radius 1 is 1.13 bits per heavy atom. The van der Waals surface area contributed by atoms with Crippen molar-refractivity contribution >= 4 is 16.9 Å². The summed E-state index contributed by atoms with van der Waals surface area (Å²) in [7, 11) is 0. The number of benzene rings is 2. The average Bonchev–Trinajstić information content (AvgIpc) is 3.17. The summed E-state index contributed by atoms with van der Waals surface area (Å²) in [6.45, 7) is 2.21. The maximum atomic E-state index is 11.7. The van der Waals surface area contributed by atoms with Crippen LogP contribution in [0.1, 0.15) is 30.1 Å². The third-order valence-electron chi connectivity index (χ3n) is 5.49. The molecule has 1 saturated carbocycles. The molecule has 0 atom stereocenters. The first-order valence-corrected chi connectivity index (χ1v) is 9.95. The number of ether oxygens (including phenoxy) is 1. The number of amides is 1. The standard InChI is InChI=1S/C23H21N5O2/c1-14-9-17(10-14)30-23-25-12-18(15-5-4-6-16(11-15)21(24)29)22(27-23)28-13-26-19-7-2-3-8-20(19)28/h2-8,11-14,17H,9-10H2,1H3,(H2,24,29). The van der Waals surface area contributed by atoms with Gasteiger partial charge in [-0.2, -0.15) is 4.98 Å². The van der Waals surface area contributed by atoms with Crippen molar-refractivity contribution in [3.63, 3.8) is 0 Å². The van der Waals surface area contributed by atoms with Crippen LogP contribution in [0.4, 0.5) is 0 Å². The Morgan fingerprint density at radius 2 is 1.97 bits per heavy atom. The maximum Gasteiger partial charge on any atom is 0.318 e. The lowest BCUT2D eigenvalue weighted by Crippen LogP contribution is -2.32. The molecule has 2 aromatic carbocycles. The fourth-order valence-electron chi connectivity index (χ4n) is 3.84. The second-order valence-corrected chi connectivity index (χ2v) is 7.75. The van der Waals surface area contributed by atoms with Gasteiger partial charge in [0, 0.05) is 17.3 Å². The number of rotatable bonds is 5. The van der Waals surface area contributed by atoms with E-state index in [2.05, 4.69) is 16.9 Å². The molecule has 0 unspecified atom stereocenters. The number of carbonyl (C=O) groups excluding carboxylic acids is 1. The predicted octanol–water partition coefficient (Wildman–Crippen LogP) is 3.76. The highest BCUT2D eigenvalue weighted by atomic mass is 16.5. The third kappa shape index (κ3) is 3.28. The van der Waals surface area contributed by atoms with Crippen LogP contribution in [0.25, 0.3) is 28.0 Å². The van der Waals surface area contributed by atoms with E-state index in [1.807, 2.05) is 34.9 Å². The van der Waals surface area contributed by atoms with Gasteiger partial charge in [-0.15, -0.1) is 0 Å². The summed E-state index contributed by atoms with van der Waals surface area (Å²) in [6.07, 6.45) is 5.64. The predicted molar refractivity (Wildman–Crippen MR) is 113 cm³/mol. The molecule has 0 bridgehead atoms. The van der Waals surface area contributed by atoms with Crippen LogP contribution in [0.2, 0.25) is 0 Å². The van der Waals surface area contributed by atoms with Gasteiger partial charge in [0.25, 0.3) is 0 Å². The Balaban J connectivity index is 1.64. The molecule has 2 aromatic heterocycles. The molecule has 1 fully saturated rings. The van der Waals surface area contributed by atoms with Gasteiger partial charge in [-0.25, -0.2) is 9.97 Å². The minimum atomic E-state index is -0.480. The van der Waals surface area contributed by atoms with E-state index in [1.165, 1.54) is 0 Å². The number of nitrogens with two attached hydrogens (primary N) is 1. The lowest BCUT2D eigenvalue weighted by Gasteiger charge is -2.31. The van der Waals surface area contributed by atoms with Gasteiger partial charge in [0.1, 0.15) is 12.4 Å². The minimum absolute atomic E-state index is 0.149. The molecule has 2 N–H and O–H groups in total. The summed E-state index contributed by atoms with van der Waals surface area (Å²) in [5.74, 6) is 0.831.